The maximum Gasteiger partial charge on any atom is 0.258 e. The Morgan fingerprint density at radius 1 is 1.23 bits per heavy atom. The van der Waals surface area contributed by atoms with Gasteiger partial charge in [0.15, 0.2) is 18.2 Å². The summed E-state index contributed by atoms with van der Waals surface area (Å²) in [6, 6.07) is 12.6. The number of carbonyl (C=O) groups excluding carboxylic acids is 1. The summed E-state index contributed by atoms with van der Waals surface area (Å²) in [6.07, 6.45) is -0.925. The van der Waals surface area contributed by atoms with Gasteiger partial charge in [-0.05, 0) is 18.2 Å². The zero-order chi connectivity index (χ0) is 15.9. The van der Waals surface area contributed by atoms with Crippen molar-refractivity contribution >= 4 is 17.5 Å². The molecule has 6 heteroatoms. The van der Waals surface area contributed by atoms with Gasteiger partial charge in [-0.25, -0.2) is 4.39 Å². The van der Waals surface area contributed by atoms with Crippen molar-refractivity contribution in [3.63, 3.8) is 0 Å². The molecule has 0 spiro atoms. The number of rotatable bonds is 6. The predicted octanol–water partition coefficient (Wildman–Crippen LogP) is 2.71. The number of aliphatic hydroxyl groups is 1. The van der Waals surface area contributed by atoms with Crippen molar-refractivity contribution in [1.82, 2.24) is 5.32 Å². The lowest BCUT2D eigenvalue weighted by Gasteiger charge is -2.14. The number of hydrogen-bond donors (Lipinski definition) is 2. The van der Waals surface area contributed by atoms with Gasteiger partial charge in [0, 0.05) is 17.1 Å². The van der Waals surface area contributed by atoms with Crippen molar-refractivity contribution in [3.8, 4) is 5.75 Å². The molecule has 2 aromatic carbocycles. The largest absolute Gasteiger partial charge is 0.481 e. The third-order valence-electron chi connectivity index (χ3n) is 2.95. The highest BCUT2D eigenvalue weighted by Crippen LogP contribution is 2.21. The first kappa shape index (κ1) is 16.3. The van der Waals surface area contributed by atoms with Crippen molar-refractivity contribution in [2.75, 3.05) is 13.2 Å². The summed E-state index contributed by atoms with van der Waals surface area (Å²) in [5.41, 5.74) is 0.527. The summed E-state index contributed by atoms with van der Waals surface area (Å²) in [4.78, 5) is 11.6. The van der Waals surface area contributed by atoms with Gasteiger partial charge in [0.05, 0.1) is 6.10 Å². The molecule has 4 nitrogen and oxygen atoms in total. The van der Waals surface area contributed by atoms with Crippen LogP contribution in [0.1, 0.15) is 11.7 Å². The fourth-order valence-corrected chi connectivity index (χ4v) is 2.08. The topological polar surface area (TPSA) is 58.6 Å². The Bertz CT molecular complexity index is 651. The standard InChI is InChI=1S/C16H15ClFNO3/c17-12-6-2-1-5-11(12)14(20)9-19-16(21)10-22-15-8-4-3-7-13(15)18/h1-8,14,20H,9-10H2,(H,19,21). The Balaban J connectivity index is 1.81. The second-order valence-corrected chi connectivity index (χ2v) is 4.97. The van der Waals surface area contributed by atoms with Crippen molar-refractivity contribution in [2.24, 2.45) is 0 Å². The molecule has 2 aromatic rings. The minimum absolute atomic E-state index is 0.00398. The van der Waals surface area contributed by atoms with Crippen LogP contribution in [0.15, 0.2) is 48.5 Å². The first-order chi connectivity index (χ1) is 10.6. The number of carbonyl (C=O) groups is 1. The Morgan fingerprint density at radius 2 is 1.91 bits per heavy atom. The zero-order valence-electron chi connectivity index (χ0n) is 11.6. The van der Waals surface area contributed by atoms with E-state index in [-0.39, 0.29) is 18.9 Å². The van der Waals surface area contributed by atoms with Crippen molar-refractivity contribution in [1.29, 1.82) is 0 Å². The number of halogens is 2. The average molecular weight is 324 g/mol. The second kappa shape index (κ2) is 7.77. The van der Waals surface area contributed by atoms with E-state index in [0.717, 1.165) is 0 Å². The molecule has 1 atom stereocenters. The van der Waals surface area contributed by atoms with Crippen LogP contribution in [0.4, 0.5) is 4.39 Å². The van der Waals surface area contributed by atoms with Gasteiger partial charge >= 0.3 is 0 Å². The van der Waals surface area contributed by atoms with Gasteiger partial charge in [0.25, 0.3) is 5.91 Å². The summed E-state index contributed by atoms with van der Waals surface area (Å²) in [5.74, 6) is -0.995. The molecule has 116 valence electrons. The van der Waals surface area contributed by atoms with E-state index in [1.54, 1.807) is 30.3 Å². The number of para-hydroxylation sites is 1. The first-order valence-electron chi connectivity index (χ1n) is 6.64. The summed E-state index contributed by atoms with van der Waals surface area (Å²) >= 11 is 5.95. The van der Waals surface area contributed by atoms with Gasteiger partial charge in [-0.2, -0.15) is 0 Å². The summed E-state index contributed by atoms with van der Waals surface area (Å²) in [7, 11) is 0. The van der Waals surface area contributed by atoms with Gasteiger partial charge in [0.1, 0.15) is 0 Å². The number of nitrogens with one attached hydrogen (secondary N) is 1. The fraction of sp³-hybridized carbons (Fsp3) is 0.188. The molecule has 1 amide bonds. The van der Waals surface area contributed by atoms with Gasteiger partial charge in [0.2, 0.25) is 0 Å². The van der Waals surface area contributed by atoms with Gasteiger partial charge in [-0.15, -0.1) is 0 Å². The predicted molar refractivity (Wildman–Crippen MR) is 81.3 cm³/mol. The van der Waals surface area contributed by atoms with E-state index in [2.05, 4.69) is 5.32 Å². The molecule has 0 aromatic heterocycles. The Morgan fingerprint density at radius 3 is 2.64 bits per heavy atom. The third kappa shape index (κ3) is 4.44. The molecule has 0 aliphatic carbocycles. The molecule has 22 heavy (non-hydrogen) atoms. The minimum atomic E-state index is -0.925. The highest BCUT2D eigenvalue weighted by atomic mass is 35.5. The molecule has 0 saturated heterocycles. The third-order valence-corrected chi connectivity index (χ3v) is 3.30. The van der Waals surface area contributed by atoms with Crippen LogP contribution in [0.5, 0.6) is 5.75 Å². The van der Waals surface area contributed by atoms with Gasteiger partial charge in [-0.1, -0.05) is 41.9 Å². The van der Waals surface area contributed by atoms with Crippen LogP contribution < -0.4 is 10.1 Å². The van der Waals surface area contributed by atoms with Crippen LogP contribution in [0.3, 0.4) is 0 Å². The van der Waals surface area contributed by atoms with Crippen LogP contribution in [0.2, 0.25) is 5.02 Å². The van der Waals surface area contributed by atoms with E-state index in [4.69, 9.17) is 16.3 Å². The molecular weight excluding hydrogens is 309 g/mol. The number of ether oxygens (including phenoxy) is 1. The van der Waals surface area contributed by atoms with Gasteiger partial charge in [-0.3, -0.25) is 4.79 Å². The van der Waals surface area contributed by atoms with Crippen LogP contribution in [-0.4, -0.2) is 24.2 Å². The van der Waals surface area contributed by atoms with Crippen molar-refractivity contribution in [3.05, 3.63) is 64.9 Å². The Kier molecular flexibility index (Phi) is 5.75. The molecule has 0 aliphatic heterocycles. The highest BCUT2D eigenvalue weighted by molar-refractivity contribution is 6.31. The summed E-state index contributed by atoms with van der Waals surface area (Å²) < 4.78 is 18.4. The van der Waals surface area contributed by atoms with Crippen LogP contribution in [0, 0.1) is 5.82 Å². The molecule has 1 unspecified atom stereocenters. The van der Waals surface area contributed by atoms with Crippen molar-refractivity contribution < 1.29 is 19.0 Å². The summed E-state index contributed by atoms with van der Waals surface area (Å²) in [6.45, 7) is -0.348. The normalized spacial score (nSPS) is 11.8. The lowest BCUT2D eigenvalue weighted by Crippen LogP contribution is -2.32. The number of hydrogen-bond acceptors (Lipinski definition) is 3. The lowest BCUT2D eigenvalue weighted by atomic mass is 10.1. The van der Waals surface area contributed by atoms with E-state index in [1.807, 2.05) is 0 Å². The molecular formula is C16H15ClFNO3. The van der Waals surface area contributed by atoms with E-state index in [9.17, 15) is 14.3 Å². The van der Waals surface area contributed by atoms with E-state index in [1.165, 1.54) is 18.2 Å². The second-order valence-electron chi connectivity index (χ2n) is 4.56. The maximum atomic E-state index is 13.3. The number of amides is 1. The molecule has 0 saturated carbocycles. The van der Waals surface area contributed by atoms with Crippen molar-refractivity contribution in [2.45, 2.75) is 6.10 Å². The van der Waals surface area contributed by atoms with Crippen LogP contribution in [0.25, 0.3) is 0 Å². The monoisotopic (exact) mass is 323 g/mol. The molecule has 0 radical (unpaired) electrons. The lowest BCUT2D eigenvalue weighted by molar-refractivity contribution is -0.123. The molecule has 0 bridgehead atoms. The quantitative estimate of drug-likeness (QED) is 0.859. The average Bonchev–Trinajstić information content (AvgIpc) is 2.52. The Labute approximate surface area is 132 Å². The minimum Gasteiger partial charge on any atom is -0.481 e. The number of aliphatic hydroxyl groups excluding tert-OH is 1. The van der Waals surface area contributed by atoms with E-state index in [0.29, 0.717) is 10.6 Å². The maximum absolute atomic E-state index is 13.3. The van der Waals surface area contributed by atoms with Crippen LogP contribution >= 0.6 is 11.6 Å². The zero-order valence-corrected chi connectivity index (χ0v) is 12.4. The number of benzene rings is 2. The van der Waals surface area contributed by atoms with E-state index < -0.39 is 17.8 Å². The molecule has 2 N–H and O–H groups in total. The molecule has 0 aliphatic rings. The molecule has 0 heterocycles. The molecule has 2 rings (SSSR count). The highest BCUT2D eigenvalue weighted by Gasteiger charge is 2.13. The smallest absolute Gasteiger partial charge is 0.258 e. The SMILES string of the molecule is O=C(COc1ccccc1F)NCC(O)c1ccccc1Cl. The van der Waals surface area contributed by atoms with E-state index >= 15 is 0 Å². The summed E-state index contributed by atoms with van der Waals surface area (Å²) in [5, 5.41) is 12.9. The molecule has 0 fully saturated rings. The fourth-order valence-electron chi connectivity index (χ4n) is 1.82. The first-order valence-corrected chi connectivity index (χ1v) is 7.02. The Hall–Kier alpha value is -2.11. The van der Waals surface area contributed by atoms with Gasteiger partial charge < -0.3 is 15.2 Å². The van der Waals surface area contributed by atoms with Crippen LogP contribution in [-0.2, 0) is 4.79 Å².